The fourth-order valence-electron chi connectivity index (χ4n) is 2.67. The molecule has 2 heterocycles. The highest BCUT2D eigenvalue weighted by Crippen LogP contribution is 2.32. The van der Waals surface area contributed by atoms with Crippen molar-refractivity contribution in [1.82, 2.24) is 4.98 Å². The fraction of sp³-hybridized carbons (Fsp3) is 0.333. The Labute approximate surface area is 160 Å². The summed E-state index contributed by atoms with van der Waals surface area (Å²) in [6, 6.07) is 5.46. The molecule has 8 nitrogen and oxygen atoms in total. The summed E-state index contributed by atoms with van der Waals surface area (Å²) in [5.41, 5.74) is 2.13. The maximum Gasteiger partial charge on any atom is 0.350 e. The number of rotatable bonds is 5. The molecule has 2 aromatic rings. The van der Waals surface area contributed by atoms with E-state index in [1.807, 2.05) is 19.1 Å². The van der Waals surface area contributed by atoms with E-state index in [1.165, 1.54) is 0 Å². The van der Waals surface area contributed by atoms with Gasteiger partial charge in [0.2, 0.25) is 5.91 Å². The molecule has 9 heteroatoms. The van der Waals surface area contributed by atoms with Crippen LogP contribution in [0.15, 0.2) is 18.2 Å². The van der Waals surface area contributed by atoms with Gasteiger partial charge >= 0.3 is 11.9 Å². The van der Waals surface area contributed by atoms with Gasteiger partial charge in [0.05, 0.1) is 24.5 Å². The van der Waals surface area contributed by atoms with Gasteiger partial charge in [-0.05, 0) is 38.5 Å². The molecule has 0 fully saturated rings. The third-order valence-electron chi connectivity index (χ3n) is 3.84. The maximum absolute atomic E-state index is 12.4. The summed E-state index contributed by atoms with van der Waals surface area (Å²) in [5.74, 6) is -0.791. The number of thiazole rings is 1. The van der Waals surface area contributed by atoms with Crippen LogP contribution in [0.4, 0.5) is 10.8 Å². The Morgan fingerprint density at radius 2 is 2.15 bits per heavy atom. The molecular weight excluding hydrogens is 370 g/mol. The average Bonchev–Trinajstić information content (AvgIpc) is 2.94. The Morgan fingerprint density at radius 3 is 2.89 bits per heavy atom. The number of anilines is 2. The first kappa shape index (κ1) is 18.8. The minimum Gasteiger partial charge on any atom is -0.462 e. The number of nitrogens with one attached hydrogen (secondary N) is 1. The second-order valence-electron chi connectivity index (χ2n) is 6.00. The van der Waals surface area contributed by atoms with E-state index in [9.17, 15) is 14.4 Å². The van der Waals surface area contributed by atoms with E-state index in [0.717, 1.165) is 16.9 Å². The highest BCUT2D eigenvalue weighted by atomic mass is 32.1. The van der Waals surface area contributed by atoms with E-state index in [-0.39, 0.29) is 25.6 Å². The van der Waals surface area contributed by atoms with Crippen LogP contribution in [0.5, 0.6) is 5.75 Å². The van der Waals surface area contributed by atoms with Crippen molar-refractivity contribution in [2.24, 2.45) is 0 Å². The normalized spacial score (nSPS) is 13.0. The van der Waals surface area contributed by atoms with Gasteiger partial charge < -0.3 is 19.7 Å². The van der Waals surface area contributed by atoms with E-state index in [4.69, 9.17) is 9.47 Å². The SMILES string of the molecule is CCOC(=O)c1sc(NC(=O)CN2CC(=O)Oc3cc(C)ccc32)nc1C. The van der Waals surface area contributed by atoms with Crippen LogP contribution in [0.25, 0.3) is 0 Å². The number of amides is 1. The van der Waals surface area contributed by atoms with Crippen LogP contribution < -0.4 is 15.0 Å². The minimum atomic E-state index is -0.462. The van der Waals surface area contributed by atoms with Gasteiger partial charge in [-0.15, -0.1) is 0 Å². The van der Waals surface area contributed by atoms with Crippen LogP contribution >= 0.6 is 11.3 Å². The summed E-state index contributed by atoms with van der Waals surface area (Å²) in [4.78, 5) is 42.3. The highest BCUT2D eigenvalue weighted by molar-refractivity contribution is 7.17. The molecule has 0 bridgehead atoms. The quantitative estimate of drug-likeness (QED) is 0.619. The summed E-state index contributed by atoms with van der Waals surface area (Å²) in [6.07, 6.45) is 0. The molecule has 1 aliphatic rings. The predicted octanol–water partition coefficient (Wildman–Crippen LogP) is 2.30. The van der Waals surface area contributed by atoms with Crippen LogP contribution in [-0.4, -0.2) is 42.5 Å². The molecule has 27 heavy (non-hydrogen) atoms. The molecule has 1 amide bonds. The van der Waals surface area contributed by atoms with Crippen LogP contribution in [0.2, 0.25) is 0 Å². The van der Waals surface area contributed by atoms with Crippen LogP contribution in [0, 0.1) is 13.8 Å². The van der Waals surface area contributed by atoms with Gasteiger partial charge in [0.1, 0.15) is 11.4 Å². The standard InChI is InChI=1S/C18H19N3O5S/c1-4-25-17(24)16-11(3)19-18(27-16)20-14(22)8-21-9-15(23)26-13-7-10(2)5-6-12(13)21/h5-7H,4,8-9H2,1-3H3,(H,19,20,22). The number of esters is 2. The maximum atomic E-state index is 12.4. The molecule has 0 saturated heterocycles. The van der Waals surface area contributed by atoms with E-state index in [0.29, 0.717) is 27.1 Å². The third-order valence-corrected chi connectivity index (χ3v) is 4.89. The van der Waals surface area contributed by atoms with Gasteiger partial charge in [-0.2, -0.15) is 0 Å². The Hall–Kier alpha value is -2.94. The van der Waals surface area contributed by atoms with E-state index < -0.39 is 11.9 Å². The van der Waals surface area contributed by atoms with Crippen molar-refractivity contribution in [3.05, 3.63) is 34.3 Å². The van der Waals surface area contributed by atoms with E-state index >= 15 is 0 Å². The number of nitrogens with zero attached hydrogens (tertiary/aromatic N) is 2. The van der Waals surface area contributed by atoms with E-state index in [2.05, 4.69) is 10.3 Å². The summed E-state index contributed by atoms with van der Waals surface area (Å²) >= 11 is 1.06. The zero-order chi connectivity index (χ0) is 19.6. The molecule has 0 aliphatic carbocycles. The molecule has 0 unspecified atom stereocenters. The summed E-state index contributed by atoms with van der Waals surface area (Å²) < 4.78 is 10.2. The first-order valence-electron chi connectivity index (χ1n) is 8.38. The molecule has 0 radical (unpaired) electrons. The predicted molar refractivity (Wildman–Crippen MR) is 100 cm³/mol. The Kier molecular flexibility index (Phi) is 5.41. The Bertz CT molecular complexity index is 908. The lowest BCUT2D eigenvalue weighted by Crippen LogP contribution is -2.41. The van der Waals surface area contributed by atoms with Crippen molar-refractivity contribution in [2.45, 2.75) is 20.8 Å². The number of carbonyl (C=O) groups excluding carboxylic acids is 3. The van der Waals surface area contributed by atoms with Crippen molar-refractivity contribution in [1.29, 1.82) is 0 Å². The summed E-state index contributed by atoms with van der Waals surface area (Å²) in [6.45, 7) is 5.50. The largest absolute Gasteiger partial charge is 0.462 e. The zero-order valence-electron chi connectivity index (χ0n) is 15.2. The van der Waals surface area contributed by atoms with Gasteiger partial charge in [0.15, 0.2) is 10.9 Å². The number of benzene rings is 1. The highest BCUT2D eigenvalue weighted by Gasteiger charge is 2.26. The molecule has 1 N–H and O–H groups in total. The second kappa shape index (κ2) is 7.75. The first-order valence-corrected chi connectivity index (χ1v) is 9.19. The lowest BCUT2D eigenvalue weighted by atomic mass is 10.1. The van der Waals surface area contributed by atoms with Crippen molar-refractivity contribution in [3.63, 3.8) is 0 Å². The van der Waals surface area contributed by atoms with Crippen molar-refractivity contribution in [2.75, 3.05) is 29.9 Å². The molecule has 1 aromatic carbocycles. The Morgan fingerprint density at radius 1 is 1.37 bits per heavy atom. The van der Waals surface area contributed by atoms with Gasteiger partial charge in [0.25, 0.3) is 0 Å². The zero-order valence-corrected chi connectivity index (χ0v) is 16.0. The molecule has 142 valence electrons. The number of fused-ring (bicyclic) bond motifs is 1. The number of hydrogen-bond donors (Lipinski definition) is 1. The number of carbonyl (C=O) groups is 3. The smallest absolute Gasteiger partial charge is 0.350 e. The molecule has 1 aliphatic heterocycles. The van der Waals surface area contributed by atoms with Gasteiger partial charge in [-0.25, -0.2) is 14.6 Å². The van der Waals surface area contributed by atoms with Gasteiger partial charge in [0, 0.05) is 0 Å². The van der Waals surface area contributed by atoms with Crippen LogP contribution in [-0.2, 0) is 14.3 Å². The van der Waals surface area contributed by atoms with Crippen molar-refractivity contribution in [3.8, 4) is 5.75 Å². The number of aryl methyl sites for hydroxylation is 2. The van der Waals surface area contributed by atoms with Crippen molar-refractivity contribution < 1.29 is 23.9 Å². The minimum absolute atomic E-state index is 0.0194. The van der Waals surface area contributed by atoms with Gasteiger partial charge in [-0.3, -0.25) is 4.79 Å². The van der Waals surface area contributed by atoms with Crippen LogP contribution in [0.1, 0.15) is 27.9 Å². The topological polar surface area (TPSA) is 97.8 Å². The molecular formula is C18H19N3O5S. The Balaban J connectivity index is 1.71. The first-order chi connectivity index (χ1) is 12.9. The molecule has 0 spiro atoms. The molecule has 3 rings (SSSR count). The van der Waals surface area contributed by atoms with E-state index in [1.54, 1.807) is 24.8 Å². The lowest BCUT2D eigenvalue weighted by molar-refractivity contribution is -0.133. The number of ether oxygens (including phenoxy) is 2. The lowest BCUT2D eigenvalue weighted by Gasteiger charge is -2.29. The number of aromatic nitrogens is 1. The average molecular weight is 389 g/mol. The van der Waals surface area contributed by atoms with Gasteiger partial charge in [-0.1, -0.05) is 17.4 Å². The third kappa shape index (κ3) is 4.25. The summed E-state index contributed by atoms with van der Waals surface area (Å²) in [7, 11) is 0. The van der Waals surface area contributed by atoms with Crippen LogP contribution in [0.3, 0.4) is 0 Å². The second-order valence-corrected chi connectivity index (χ2v) is 7.00. The van der Waals surface area contributed by atoms with Crippen molar-refractivity contribution >= 4 is 40.0 Å². The monoisotopic (exact) mass is 389 g/mol. The number of hydrogen-bond acceptors (Lipinski definition) is 8. The molecule has 1 aromatic heterocycles. The fourth-order valence-corrected chi connectivity index (χ4v) is 3.55. The molecule has 0 atom stereocenters. The summed E-state index contributed by atoms with van der Waals surface area (Å²) in [5, 5.41) is 2.98. The molecule has 0 saturated carbocycles.